The molecule has 8 nitrogen and oxygen atoms in total. The van der Waals surface area contributed by atoms with E-state index in [1.54, 1.807) is 24.4 Å². The predicted molar refractivity (Wildman–Crippen MR) is 112 cm³/mol. The molecule has 1 N–H and O–H groups in total. The van der Waals surface area contributed by atoms with Gasteiger partial charge in [0, 0.05) is 23.3 Å². The van der Waals surface area contributed by atoms with E-state index in [0.29, 0.717) is 5.69 Å². The van der Waals surface area contributed by atoms with Crippen LogP contribution in [-0.2, 0) is 11.9 Å². The van der Waals surface area contributed by atoms with Crippen molar-refractivity contribution in [1.29, 1.82) is 0 Å². The lowest BCUT2D eigenvalue weighted by atomic mass is 9.95. The summed E-state index contributed by atoms with van der Waals surface area (Å²) in [6.45, 7) is 1.87. The normalized spacial score (nSPS) is 18.5. The fourth-order valence-corrected chi connectivity index (χ4v) is 3.76. The van der Waals surface area contributed by atoms with Crippen molar-refractivity contribution in [3.63, 3.8) is 0 Å². The number of pyridine rings is 1. The van der Waals surface area contributed by atoms with Gasteiger partial charge in [-0.25, -0.2) is 23.9 Å². The first-order chi connectivity index (χ1) is 14.0. The first-order valence-corrected chi connectivity index (χ1v) is 9.72. The summed E-state index contributed by atoms with van der Waals surface area (Å²) in [6, 6.07) is 11.0. The number of rotatable bonds is 4. The minimum atomic E-state index is -0.524. The molecule has 0 fully saturated rings. The number of fused-ring (bicyclic) bond motifs is 1. The highest BCUT2D eigenvalue weighted by molar-refractivity contribution is 9.10. The molecule has 1 aliphatic rings. The first kappa shape index (κ1) is 19.1. The lowest BCUT2D eigenvalue weighted by molar-refractivity contribution is 0.0867. The second-order valence-corrected chi connectivity index (χ2v) is 7.47. The van der Waals surface area contributed by atoms with Crippen molar-refractivity contribution in [2.24, 2.45) is 12.2 Å². The quantitative estimate of drug-likeness (QED) is 0.371. The number of benzene rings is 1. The summed E-state index contributed by atoms with van der Waals surface area (Å²) in [4.78, 5) is 34.5. The molecule has 0 aliphatic heterocycles. The van der Waals surface area contributed by atoms with Crippen LogP contribution in [0.25, 0.3) is 0 Å². The van der Waals surface area contributed by atoms with Crippen molar-refractivity contribution in [2.45, 2.75) is 19.1 Å². The summed E-state index contributed by atoms with van der Waals surface area (Å²) < 4.78 is 3.05. The van der Waals surface area contributed by atoms with E-state index in [1.807, 2.05) is 37.3 Å². The number of nitrogens with one attached hydrogen (secondary N) is 1. The van der Waals surface area contributed by atoms with Gasteiger partial charge in [-0.1, -0.05) is 57.5 Å². The third kappa shape index (κ3) is 3.49. The van der Waals surface area contributed by atoms with E-state index in [0.717, 1.165) is 25.9 Å². The maximum atomic E-state index is 12.4. The van der Waals surface area contributed by atoms with Gasteiger partial charge >= 0.3 is 11.4 Å². The molecule has 3 aromatic rings. The second-order valence-electron chi connectivity index (χ2n) is 6.62. The van der Waals surface area contributed by atoms with E-state index >= 15 is 0 Å². The monoisotopic (exact) mass is 455 g/mol. The lowest BCUT2D eigenvalue weighted by Gasteiger charge is -2.25. The number of halogens is 1. The van der Waals surface area contributed by atoms with Crippen LogP contribution in [0.3, 0.4) is 0 Å². The van der Waals surface area contributed by atoms with Gasteiger partial charge in [0.25, 0.3) is 0 Å². The number of oxime groups is 1. The van der Waals surface area contributed by atoms with Crippen LogP contribution in [0.1, 0.15) is 35.9 Å². The Bertz CT molecular complexity index is 1220. The standard InChI is InChI=1S/C20H18BrN5O3/c1-12(13-6-4-3-5-7-13)24-29-16-9-8-15(17-14(21)10-11-22-18(16)17)26-20(28)25(2)19(27)23-26/h3-11,15-16H,1-2H3,(H,23,27)/b24-12+/t15-,16+/m1/s1. The Morgan fingerprint density at radius 3 is 2.66 bits per heavy atom. The van der Waals surface area contributed by atoms with Gasteiger partial charge in [-0.05, 0) is 24.6 Å². The average Bonchev–Trinajstić information content (AvgIpc) is 3.00. The largest absolute Gasteiger partial charge is 0.381 e. The van der Waals surface area contributed by atoms with E-state index in [1.165, 1.54) is 11.7 Å². The summed E-state index contributed by atoms with van der Waals surface area (Å²) in [5.74, 6) is 0. The van der Waals surface area contributed by atoms with Gasteiger partial charge in [-0.15, -0.1) is 0 Å². The van der Waals surface area contributed by atoms with Crippen LogP contribution in [0.2, 0.25) is 0 Å². The molecule has 0 amide bonds. The number of nitrogens with zero attached hydrogens (tertiary/aromatic N) is 4. The molecule has 9 heteroatoms. The van der Waals surface area contributed by atoms with Crippen LogP contribution in [0.5, 0.6) is 0 Å². The van der Waals surface area contributed by atoms with E-state index in [9.17, 15) is 9.59 Å². The lowest BCUT2D eigenvalue weighted by Crippen LogP contribution is -2.30. The predicted octanol–water partition coefficient (Wildman–Crippen LogP) is 2.67. The van der Waals surface area contributed by atoms with E-state index in [-0.39, 0.29) is 0 Å². The third-order valence-electron chi connectivity index (χ3n) is 4.79. The van der Waals surface area contributed by atoms with Crippen LogP contribution in [0.15, 0.2) is 74.0 Å². The summed E-state index contributed by atoms with van der Waals surface area (Å²) in [7, 11) is 1.43. The number of aromatic amines is 1. The van der Waals surface area contributed by atoms with Gasteiger partial charge in [0.05, 0.1) is 11.4 Å². The van der Waals surface area contributed by atoms with Crippen LogP contribution in [0.4, 0.5) is 0 Å². The number of allylic oxidation sites excluding steroid dienone is 1. The minimum absolute atomic E-state index is 0.441. The molecule has 4 rings (SSSR count). The number of hydrogen-bond acceptors (Lipinski definition) is 5. The van der Waals surface area contributed by atoms with Gasteiger partial charge in [0.1, 0.15) is 6.04 Å². The topological polar surface area (TPSA) is 94.3 Å². The third-order valence-corrected chi connectivity index (χ3v) is 5.48. The fourth-order valence-electron chi connectivity index (χ4n) is 3.21. The maximum absolute atomic E-state index is 12.4. The zero-order valence-electron chi connectivity index (χ0n) is 15.7. The maximum Gasteiger partial charge on any atom is 0.347 e. The highest BCUT2D eigenvalue weighted by Crippen LogP contribution is 2.37. The van der Waals surface area contributed by atoms with E-state index in [4.69, 9.17) is 4.84 Å². The number of aromatic nitrogens is 4. The molecular weight excluding hydrogens is 438 g/mol. The second kappa shape index (κ2) is 7.67. The van der Waals surface area contributed by atoms with Crippen LogP contribution < -0.4 is 11.4 Å². The van der Waals surface area contributed by atoms with E-state index in [2.05, 4.69) is 31.2 Å². The highest BCUT2D eigenvalue weighted by atomic mass is 79.9. The van der Waals surface area contributed by atoms with Gasteiger partial charge in [0.2, 0.25) is 0 Å². The molecule has 0 saturated carbocycles. The Morgan fingerprint density at radius 2 is 1.97 bits per heavy atom. The molecule has 2 atom stereocenters. The Hall–Kier alpha value is -3.20. The smallest absolute Gasteiger partial charge is 0.347 e. The molecule has 0 saturated heterocycles. The van der Waals surface area contributed by atoms with Crippen molar-refractivity contribution in [3.05, 3.63) is 97.0 Å². The SMILES string of the molecule is C/C(=N\O[C@H]1C=C[C@@H](n2[nH]c(=O)n(C)c2=O)c2c(Br)ccnc21)c1ccccc1. The molecule has 2 aromatic heterocycles. The molecule has 0 bridgehead atoms. The molecule has 0 spiro atoms. The van der Waals surface area contributed by atoms with E-state index < -0.39 is 23.5 Å². The molecule has 1 aromatic carbocycles. The highest BCUT2D eigenvalue weighted by Gasteiger charge is 2.30. The molecule has 1 aliphatic carbocycles. The molecule has 2 heterocycles. The van der Waals surface area contributed by atoms with Crippen molar-refractivity contribution in [1.82, 2.24) is 19.3 Å². The number of H-pyrrole nitrogens is 1. The van der Waals surface area contributed by atoms with Gasteiger partial charge in [-0.3, -0.25) is 4.98 Å². The Morgan fingerprint density at radius 1 is 1.21 bits per heavy atom. The molecular formula is C20H18BrN5O3. The van der Waals surface area contributed by atoms with Crippen molar-refractivity contribution in [3.8, 4) is 0 Å². The number of hydrogen-bond donors (Lipinski definition) is 1. The van der Waals surface area contributed by atoms with Gasteiger partial charge < -0.3 is 4.84 Å². The van der Waals surface area contributed by atoms with Crippen LogP contribution in [0, 0.1) is 0 Å². The average molecular weight is 456 g/mol. The van der Waals surface area contributed by atoms with Gasteiger partial charge in [0.15, 0.2) is 6.10 Å². The summed E-state index contributed by atoms with van der Waals surface area (Å²) >= 11 is 3.53. The molecule has 0 unspecified atom stereocenters. The van der Waals surface area contributed by atoms with Crippen molar-refractivity contribution >= 4 is 21.6 Å². The summed E-state index contributed by atoms with van der Waals surface area (Å²) in [6.07, 6.45) is 4.71. The summed E-state index contributed by atoms with van der Waals surface area (Å²) in [5, 5.41) is 6.84. The zero-order chi connectivity index (χ0) is 20.5. The Kier molecular flexibility index (Phi) is 5.06. The van der Waals surface area contributed by atoms with Crippen molar-refractivity contribution in [2.75, 3.05) is 0 Å². The van der Waals surface area contributed by atoms with Crippen LogP contribution in [-0.4, -0.2) is 25.0 Å². The zero-order valence-corrected chi connectivity index (χ0v) is 17.3. The Balaban J connectivity index is 1.72. The van der Waals surface area contributed by atoms with Crippen LogP contribution >= 0.6 is 15.9 Å². The molecule has 148 valence electrons. The van der Waals surface area contributed by atoms with Gasteiger partial charge in [-0.2, -0.15) is 0 Å². The van der Waals surface area contributed by atoms with Crippen molar-refractivity contribution < 1.29 is 4.84 Å². The minimum Gasteiger partial charge on any atom is -0.381 e. The first-order valence-electron chi connectivity index (χ1n) is 8.93. The fraction of sp³-hybridized carbons (Fsp3) is 0.200. The molecule has 0 radical (unpaired) electrons. The summed E-state index contributed by atoms with van der Waals surface area (Å²) in [5.41, 5.74) is 2.13. The Labute approximate surface area is 174 Å². The molecule has 29 heavy (non-hydrogen) atoms.